The lowest BCUT2D eigenvalue weighted by Crippen LogP contribution is -2.32. The maximum Gasteiger partial charge on any atom is 0.227 e. The molecule has 1 heterocycles. The lowest BCUT2D eigenvalue weighted by atomic mass is 9.89. The van der Waals surface area contributed by atoms with Gasteiger partial charge in [-0.3, -0.25) is 9.59 Å². The zero-order valence-corrected chi connectivity index (χ0v) is 16.6. The largest absolute Gasteiger partial charge is 0.356 e. The molecule has 0 saturated heterocycles. The van der Waals surface area contributed by atoms with Gasteiger partial charge in [0.1, 0.15) is 0 Å². The first kappa shape index (κ1) is 18.7. The molecule has 0 aromatic heterocycles. The second kappa shape index (κ2) is 7.42. The van der Waals surface area contributed by atoms with Crippen LogP contribution in [-0.4, -0.2) is 18.4 Å². The summed E-state index contributed by atoms with van der Waals surface area (Å²) in [6.45, 7) is 5.24. The number of carbonyl (C=O) groups is 2. The van der Waals surface area contributed by atoms with Crippen molar-refractivity contribution in [3.63, 3.8) is 0 Å². The van der Waals surface area contributed by atoms with Crippen LogP contribution in [0.1, 0.15) is 43.7 Å². The number of hydrogen-bond donors (Lipinski definition) is 2. The normalized spacial score (nSPS) is 24.8. The molecule has 4 nitrogen and oxygen atoms in total. The fraction of sp³-hybridized carbons (Fsp3) is 0.417. The van der Waals surface area contributed by atoms with Gasteiger partial charge in [-0.2, -0.15) is 0 Å². The molecule has 1 aliphatic heterocycles. The topological polar surface area (TPSA) is 58.2 Å². The average Bonchev–Trinajstić information content (AvgIpc) is 3.25. The summed E-state index contributed by atoms with van der Waals surface area (Å²) in [6, 6.07) is 18.4. The van der Waals surface area contributed by atoms with Gasteiger partial charge < -0.3 is 10.6 Å². The number of anilines is 1. The van der Waals surface area contributed by atoms with Gasteiger partial charge >= 0.3 is 0 Å². The molecule has 1 fully saturated rings. The summed E-state index contributed by atoms with van der Waals surface area (Å²) in [5.74, 6) is 0.897. The molecule has 1 aliphatic carbocycles. The third-order valence-corrected chi connectivity index (χ3v) is 6.56. The minimum Gasteiger partial charge on any atom is -0.356 e. The van der Waals surface area contributed by atoms with Crippen molar-refractivity contribution in [2.75, 3.05) is 11.9 Å². The molecule has 2 amide bonds. The number of carbonyl (C=O) groups excluding carboxylic acids is 2. The Hall–Kier alpha value is -2.62. The quantitative estimate of drug-likeness (QED) is 0.796. The summed E-state index contributed by atoms with van der Waals surface area (Å²) < 4.78 is 0. The highest BCUT2D eigenvalue weighted by Crippen LogP contribution is 2.63. The first-order valence-corrected chi connectivity index (χ1v) is 10.2. The molecule has 3 unspecified atom stereocenters. The summed E-state index contributed by atoms with van der Waals surface area (Å²) in [4.78, 5) is 24.7. The highest BCUT2D eigenvalue weighted by Gasteiger charge is 2.57. The van der Waals surface area contributed by atoms with Crippen LogP contribution in [-0.2, 0) is 16.0 Å². The van der Waals surface area contributed by atoms with Gasteiger partial charge in [0.05, 0.1) is 0 Å². The Balaban J connectivity index is 1.26. The fourth-order valence-corrected chi connectivity index (χ4v) is 4.71. The van der Waals surface area contributed by atoms with Gasteiger partial charge in [-0.1, -0.05) is 62.4 Å². The number of rotatable bonds is 6. The van der Waals surface area contributed by atoms with E-state index in [4.69, 9.17) is 0 Å². The Morgan fingerprint density at radius 3 is 2.61 bits per heavy atom. The molecular formula is C24H28N2O2. The van der Waals surface area contributed by atoms with Gasteiger partial charge in [-0.15, -0.1) is 0 Å². The maximum atomic E-state index is 12.4. The van der Waals surface area contributed by atoms with E-state index in [1.54, 1.807) is 0 Å². The third-order valence-electron chi connectivity index (χ3n) is 6.56. The van der Waals surface area contributed by atoms with Crippen molar-refractivity contribution in [1.29, 1.82) is 0 Å². The van der Waals surface area contributed by atoms with Gasteiger partial charge in [-0.05, 0) is 47.3 Å². The predicted octanol–water partition coefficient (Wildman–Crippen LogP) is 4.13. The van der Waals surface area contributed by atoms with Gasteiger partial charge in [0, 0.05) is 24.6 Å². The van der Waals surface area contributed by atoms with Crippen LogP contribution in [0.25, 0.3) is 0 Å². The van der Waals surface area contributed by atoms with Crippen LogP contribution in [0.5, 0.6) is 0 Å². The molecule has 3 atom stereocenters. The molecule has 2 aromatic carbocycles. The molecule has 0 bridgehead atoms. The van der Waals surface area contributed by atoms with Crippen molar-refractivity contribution in [2.24, 2.45) is 17.3 Å². The Kier molecular flexibility index (Phi) is 4.96. The average molecular weight is 377 g/mol. The van der Waals surface area contributed by atoms with Crippen LogP contribution < -0.4 is 10.6 Å². The van der Waals surface area contributed by atoms with Crippen LogP contribution >= 0.6 is 0 Å². The van der Waals surface area contributed by atoms with Gasteiger partial charge in [0.2, 0.25) is 11.8 Å². The summed E-state index contributed by atoms with van der Waals surface area (Å²) in [7, 11) is 0. The number of fused-ring (bicyclic) bond motifs is 1. The van der Waals surface area contributed by atoms with Crippen LogP contribution in [0.2, 0.25) is 0 Å². The fourth-order valence-electron chi connectivity index (χ4n) is 4.71. The summed E-state index contributed by atoms with van der Waals surface area (Å²) in [6.07, 6.45) is 1.69. The van der Waals surface area contributed by atoms with Gasteiger partial charge in [0.15, 0.2) is 0 Å². The summed E-state index contributed by atoms with van der Waals surface area (Å²) in [5.41, 5.74) is 3.61. The van der Waals surface area contributed by atoms with Crippen LogP contribution in [0.4, 0.5) is 5.69 Å². The first-order valence-electron chi connectivity index (χ1n) is 10.2. The smallest absolute Gasteiger partial charge is 0.227 e. The molecular weight excluding hydrogens is 348 g/mol. The Labute approximate surface area is 166 Å². The Morgan fingerprint density at radius 2 is 1.82 bits per heavy atom. The lowest BCUT2D eigenvalue weighted by Gasteiger charge is -2.24. The molecule has 4 heteroatoms. The van der Waals surface area contributed by atoms with Crippen molar-refractivity contribution in [3.05, 3.63) is 65.7 Å². The van der Waals surface area contributed by atoms with Crippen LogP contribution in [0.15, 0.2) is 54.6 Å². The summed E-state index contributed by atoms with van der Waals surface area (Å²) in [5, 5.41) is 6.06. The second-order valence-corrected chi connectivity index (χ2v) is 8.71. The minimum absolute atomic E-state index is 0.0268. The van der Waals surface area contributed by atoms with Crippen molar-refractivity contribution >= 4 is 17.5 Å². The van der Waals surface area contributed by atoms with Crippen LogP contribution in [0.3, 0.4) is 0 Å². The van der Waals surface area contributed by atoms with Crippen molar-refractivity contribution in [1.82, 2.24) is 5.32 Å². The van der Waals surface area contributed by atoms with E-state index < -0.39 is 0 Å². The molecule has 28 heavy (non-hydrogen) atoms. The molecule has 2 N–H and O–H groups in total. The number of nitrogens with one attached hydrogen (secondary N) is 2. The van der Waals surface area contributed by atoms with Crippen molar-refractivity contribution in [3.8, 4) is 0 Å². The molecule has 2 aromatic rings. The van der Waals surface area contributed by atoms with E-state index in [1.165, 1.54) is 5.56 Å². The van der Waals surface area contributed by atoms with E-state index in [-0.39, 0.29) is 23.1 Å². The zero-order chi connectivity index (χ0) is 19.7. The highest BCUT2D eigenvalue weighted by atomic mass is 16.2. The number of benzene rings is 2. The predicted molar refractivity (Wildman–Crippen MR) is 111 cm³/mol. The van der Waals surface area contributed by atoms with E-state index >= 15 is 0 Å². The summed E-state index contributed by atoms with van der Waals surface area (Å²) >= 11 is 0. The lowest BCUT2D eigenvalue weighted by molar-refractivity contribution is -0.122. The van der Waals surface area contributed by atoms with E-state index in [9.17, 15) is 9.59 Å². The molecule has 0 radical (unpaired) electrons. The van der Waals surface area contributed by atoms with E-state index in [0.29, 0.717) is 37.6 Å². The number of hydrogen-bond acceptors (Lipinski definition) is 2. The van der Waals surface area contributed by atoms with Gasteiger partial charge in [-0.25, -0.2) is 0 Å². The standard InChI is InChI=1S/C24H28N2O2/c1-24(2)19(22(24)16-8-4-3-5-9-16)15-25-21(27)13-12-18-14-17-10-6-7-11-20(17)26-23(18)28/h3-11,18-19,22H,12-15H2,1-2H3,(H,25,27)(H,26,28). The Bertz CT molecular complexity index is 875. The number of amides is 2. The molecule has 4 rings (SSSR count). The molecule has 0 spiro atoms. The Morgan fingerprint density at radius 1 is 1.11 bits per heavy atom. The maximum absolute atomic E-state index is 12.4. The molecule has 146 valence electrons. The zero-order valence-electron chi connectivity index (χ0n) is 16.6. The van der Waals surface area contributed by atoms with E-state index in [2.05, 4.69) is 48.7 Å². The minimum atomic E-state index is -0.130. The van der Waals surface area contributed by atoms with E-state index in [1.807, 2.05) is 30.3 Å². The van der Waals surface area contributed by atoms with Crippen LogP contribution in [0, 0.1) is 17.3 Å². The molecule has 1 saturated carbocycles. The van der Waals surface area contributed by atoms with Crippen molar-refractivity contribution < 1.29 is 9.59 Å². The highest BCUT2D eigenvalue weighted by molar-refractivity contribution is 5.96. The number of para-hydroxylation sites is 1. The second-order valence-electron chi connectivity index (χ2n) is 8.71. The monoisotopic (exact) mass is 376 g/mol. The van der Waals surface area contributed by atoms with Crippen molar-refractivity contribution in [2.45, 2.75) is 39.0 Å². The first-order chi connectivity index (χ1) is 13.5. The third kappa shape index (κ3) is 3.68. The SMILES string of the molecule is CC1(C)C(CNC(=O)CCC2Cc3ccccc3NC2=O)C1c1ccccc1. The van der Waals surface area contributed by atoms with Gasteiger partial charge in [0.25, 0.3) is 0 Å². The van der Waals surface area contributed by atoms with E-state index in [0.717, 1.165) is 11.3 Å². The molecule has 2 aliphatic rings.